The molecule has 5 aromatic rings. The van der Waals surface area contributed by atoms with E-state index in [-0.39, 0.29) is 36.4 Å². The van der Waals surface area contributed by atoms with E-state index in [0.717, 1.165) is 17.4 Å². The number of amides is 1. The number of hydrogen-bond donors (Lipinski definition) is 2. The Bertz CT molecular complexity index is 1670. The zero-order chi connectivity index (χ0) is 27.2. The maximum atomic E-state index is 14.8. The first-order valence-corrected chi connectivity index (χ1v) is 12.0. The summed E-state index contributed by atoms with van der Waals surface area (Å²) in [5.74, 6) is -0.599. The molecule has 1 fully saturated rings. The van der Waals surface area contributed by atoms with Gasteiger partial charge >= 0.3 is 6.18 Å². The highest BCUT2D eigenvalue weighted by Crippen LogP contribution is 2.59. The van der Waals surface area contributed by atoms with Crippen LogP contribution in [0.5, 0.6) is 0 Å². The zero-order valence-corrected chi connectivity index (χ0v) is 20.2. The van der Waals surface area contributed by atoms with Crippen LogP contribution in [0.1, 0.15) is 24.2 Å². The Balaban J connectivity index is 1.10. The standard InChI is InChI=1S/C27H20F4N6O2/c28-20-11-16(18-14-32-25(33-15-18)35-23-7-6-19-3-1-2-10-37(19)23)4-5-17(20)12-24(38)34-22-13-21(39-36-22)26(8-9-26)27(29,30)31/h1-7,10-11,13-15H,8-9,12H2,(H,32,33,35)(H,34,36,38). The van der Waals surface area contributed by atoms with Crippen LogP contribution >= 0.6 is 0 Å². The number of anilines is 3. The second-order valence-corrected chi connectivity index (χ2v) is 9.32. The maximum absolute atomic E-state index is 14.8. The molecular formula is C27H20F4N6O2. The SMILES string of the molecule is O=C(Cc1ccc(-c2cnc(Nc3ccc4ccccn34)nc2)cc1F)Nc1cc(C2(C(F)(F)F)CC2)on1. The topological polar surface area (TPSA) is 97.4 Å². The van der Waals surface area contributed by atoms with Crippen LogP contribution in [0.4, 0.5) is 35.1 Å². The minimum Gasteiger partial charge on any atom is -0.358 e. The van der Waals surface area contributed by atoms with Gasteiger partial charge in [0.25, 0.3) is 0 Å². The van der Waals surface area contributed by atoms with Crippen molar-refractivity contribution >= 4 is 29.0 Å². The summed E-state index contributed by atoms with van der Waals surface area (Å²) in [7, 11) is 0. The molecule has 1 aromatic carbocycles. The predicted octanol–water partition coefficient (Wildman–Crippen LogP) is 6.04. The van der Waals surface area contributed by atoms with Gasteiger partial charge in [-0.3, -0.25) is 4.79 Å². The Morgan fingerprint density at radius 2 is 1.82 bits per heavy atom. The third-order valence-corrected chi connectivity index (χ3v) is 6.73. The van der Waals surface area contributed by atoms with Gasteiger partial charge in [0.1, 0.15) is 17.1 Å². The lowest BCUT2D eigenvalue weighted by Crippen LogP contribution is -2.28. The third kappa shape index (κ3) is 4.69. The molecule has 4 heterocycles. The Kier molecular flexibility index (Phi) is 5.82. The van der Waals surface area contributed by atoms with E-state index < -0.39 is 23.3 Å². The summed E-state index contributed by atoms with van der Waals surface area (Å²) in [5, 5.41) is 9.03. The molecular weight excluding hydrogens is 516 g/mol. The van der Waals surface area contributed by atoms with Crippen LogP contribution in [0.3, 0.4) is 0 Å². The summed E-state index contributed by atoms with van der Waals surface area (Å²) in [6, 6.07) is 15.1. The molecule has 39 heavy (non-hydrogen) atoms. The van der Waals surface area contributed by atoms with E-state index in [1.807, 2.05) is 40.9 Å². The summed E-state index contributed by atoms with van der Waals surface area (Å²) in [6.45, 7) is 0. The minimum absolute atomic E-state index is 0.0919. The molecule has 0 unspecified atom stereocenters. The molecule has 1 aliphatic carbocycles. The van der Waals surface area contributed by atoms with Gasteiger partial charge in [-0.2, -0.15) is 13.2 Å². The van der Waals surface area contributed by atoms with Crippen molar-refractivity contribution in [3.63, 3.8) is 0 Å². The number of benzene rings is 1. The van der Waals surface area contributed by atoms with Crippen LogP contribution in [0, 0.1) is 5.82 Å². The molecule has 198 valence electrons. The van der Waals surface area contributed by atoms with Crippen molar-refractivity contribution in [3.05, 3.63) is 90.3 Å². The van der Waals surface area contributed by atoms with Crippen LogP contribution < -0.4 is 10.6 Å². The number of aromatic nitrogens is 4. The molecule has 0 aliphatic heterocycles. The van der Waals surface area contributed by atoms with Gasteiger partial charge in [0.15, 0.2) is 11.6 Å². The van der Waals surface area contributed by atoms with Crippen LogP contribution in [0.15, 0.2) is 77.7 Å². The van der Waals surface area contributed by atoms with Gasteiger partial charge in [-0.25, -0.2) is 14.4 Å². The maximum Gasteiger partial charge on any atom is 0.401 e. The first-order chi connectivity index (χ1) is 18.7. The van der Waals surface area contributed by atoms with E-state index >= 15 is 0 Å². The van der Waals surface area contributed by atoms with Crippen LogP contribution in [-0.4, -0.2) is 31.6 Å². The molecule has 12 heteroatoms. The van der Waals surface area contributed by atoms with E-state index in [2.05, 4.69) is 25.8 Å². The van der Waals surface area contributed by atoms with Gasteiger partial charge in [0, 0.05) is 35.7 Å². The van der Waals surface area contributed by atoms with Gasteiger partial charge in [-0.05, 0) is 54.3 Å². The average molecular weight is 536 g/mol. The average Bonchev–Trinajstić information content (AvgIpc) is 3.46. The van der Waals surface area contributed by atoms with Gasteiger partial charge in [0.2, 0.25) is 11.9 Å². The van der Waals surface area contributed by atoms with Crippen LogP contribution in [0.25, 0.3) is 16.6 Å². The fraction of sp³-hybridized carbons (Fsp3) is 0.185. The molecule has 0 radical (unpaired) electrons. The summed E-state index contributed by atoms with van der Waals surface area (Å²) >= 11 is 0. The number of nitrogens with one attached hydrogen (secondary N) is 2. The highest BCUT2D eigenvalue weighted by atomic mass is 19.4. The summed E-state index contributed by atoms with van der Waals surface area (Å²) in [5.41, 5.74) is 0.163. The largest absolute Gasteiger partial charge is 0.401 e. The molecule has 1 aliphatic rings. The molecule has 0 spiro atoms. The quantitative estimate of drug-likeness (QED) is 0.246. The van der Waals surface area contributed by atoms with Crippen molar-refractivity contribution in [1.82, 2.24) is 19.5 Å². The zero-order valence-electron chi connectivity index (χ0n) is 20.2. The number of rotatable bonds is 7. The number of pyridine rings is 1. The van der Waals surface area contributed by atoms with Crippen LogP contribution in [-0.2, 0) is 16.6 Å². The summed E-state index contributed by atoms with van der Waals surface area (Å²) < 4.78 is 61.4. The number of alkyl halides is 3. The van der Waals surface area contributed by atoms with Crippen LogP contribution in [0.2, 0.25) is 0 Å². The van der Waals surface area contributed by atoms with Gasteiger partial charge in [-0.15, -0.1) is 0 Å². The van der Waals surface area contributed by atoms with E-state index in [1.54, 1.807) is 18.5 Å². The monoisotopic (exact) mass is 536 g/mol. The Hall–Kier alpha value is -4.74. The molecule has 4 aromatic heterocycles. The fourth-order valence-electron chi connectivity index (χ4n) is 4.40. The Morgan fingerprint density at radius 1 is 1.03 bits per heavy atom. The highest BCUT2D eigenvalue weighted by molar-refractivity contribution is 5.91. The molecule has 8 nitrogen and oxygen atoms in total. The molecule has 1 saturated carbocycles. The number of carbonyl (C=O) groups is 1. The number of hydrogen-bond acceptors (Lipinski definition) is 6. The second-order valence-electron chi connectivity index (χ2n) is 9.32. The lowest BCUT2D eigenvalue weighted by molar-refractivity contribution is -0.165. The van der Waals surface area contributed by atoms with Crippen molar-refractivity contribution in [1.29, 1.82) is 0 Å². The highest BCUT2D eigenvalue weighted by Gasteiger charge is 2.66. The van der Waals surface area contributed by atoms with E-state index in [0.29, 0.717) is 17.1 Å². The van der Waals surface area contributed by atoms with E-state index in [1.165, 1.54) is 12.1 Å². The van der Waals surface area contributed by atoms with Gasteiger partial charge in [-0.1, -0.05) is 23.4 Å². The molecule has 1 amide bonds. The van der Waals surface area contributed by atoms with Crippen molar-refractivity contribution < 1.29 is 26.9 Å². The third-order valence-electron chi connectivity index (χ3n) is 6.73. The number of fused-ring (bicyclic) bond motifs is 1. The smallest absolute Gasteiger partial charge is 0.358 e. The molecule has 6 rings (SSSR count). The molecule has 2 N–H and O–H groups in total. The number of nitrogens with zero attached hydrogens (tertiary/aromatic N) is 4. The molecule has 0 saturated heterocycles. The van der Waals surface area contributed by atoms with Crippen molar-refractivity contribution in [3.8, 4) is 11.1 Å². The van der Waals surface area contributed by atoms with Crippen molar-refractivity contribution in [2.24, 2.45) is 0 Å². The lowest BCUT2D eigenvalue weighted by Gasteiger charge is -2.14. The molecule has 0 atom stereocenters. The predicted molar refractivity (Wildman–Crippen MR) is 134 cm³/mol. The first kappa shape index (κ1) is 24.6. The Morgan fingerprint density at radius 3 is 2.54 bits per heavy atom. The fourth-order valence-corrected chi connectivity index (χ4v) is 4.40. The van der Waals surface area contributed by atoms with E-state index in [9.17, 15) is 22.4 Å². The minimum atomic E-state index is -4.46. The number of carbonyl (C=O) groups excluding carboxylic acids is 1. The van der Waals surface area contributed by atoms with Gasteiger partial charge < -0.3 is 19.6 Å². The molecule has 0 bridgehead atoms. The first-order valence-electron chi connectivity index (χ1n) is 12.0. The summed E-state index contributed by atoms with van der Waals surface area (Å²) in [6.07, 6.45) is 0.0406. The van der Waals surface area contributed by atoms with Crippen molar-refractivity contribution in [2.75, 3.05) is 10.6 Å². The lowest BCUT2D eigenvalue weighted by atomic mass is 10.0. The summed E-state index contributed by atoms with van der Waals surface area (Å²) in [4.78, 5) is 21.0. The number of halogens is 4. The normalized spacial score (nSPS) is 14.4. The Labute approximate surface area is 218 Å². The van der Waals surface area contributed by atoms with E-state index in [4.69, 9.17) is 4.52 Å². The van der Waals surface area contributed by atoms with Crippen molar-refractivity contribution in [2.45, 2.75) is 30.9 Å². The van der Waals surface area contributed by atoms with Gasteiger partial charge in [0.05, 0.1) is 6.42 Å². The second kappa shape index (κ2) is 9.22.